The number of benzene rings is 2. The maximum atomic E-state index is 14.3. The Bertz CT molecular complexity index is 1890. The van der Waals surface area contributed by atoms with E-state index in [1.807, 2.05) is 0 Å². The summed E-state index contributed by atoms with van der Waals surface area (Å²) >= 11 is 0. The Balaban J connectivity index is 1.50. The number of rotatable bonds is 7. The predicted octanol–water partition coefficient (Wildman–Crippen LogP) is 4.31. The number of carbonyl (C=O) groups is 4. The van der Waals surface area contributed by atoms with E-state index in [1.165, 1.54) is 32.0 Å². The number of fused-ring (bicyclic) bond motifs is 3. The first-order valence-corrected chi connectivity index (χ1v) is 14.9. The normalized spacial score (nSPS) is 23.5. The molecule has 0 aromatic heterocycles. The molecule has 4 atom stereocenters. The second-order valence-corrected chi connectivity index (χ2v) is 12.1. The van der Waals surface area contributed by atoms with E-state index in [0.717, 1.165) is 17.0 Å². The summed E-state index contributed by atoms with van der Waals surface area (Å²) in [7, 11) is 2.81. The maximum absolute atomic E-state index is 14.3. The molecule has 2 aromatic carbocycles. The van der Waals surface area contributed by atoms with Gasteiger partial charge in [0.2, 0.25) is 11.8 Å². The minimum atomic E-state index is -1.04. The molecule has 3 aliphatic carbocycles. The van der Waals surface area contributed by atoms with Gasteiger partial charge in [-0.1, -0.05) is 23.8 Å². The van der Waals surface area contributed by atoms with Crippen molar-refractivity contribution in [2.45, 2.75) is 32.6 Å². The number of phenols is 1. The number of allylic oxidation sites excluding steroid dienone is 6. The molecule has 4 unspecified atom stereocenters. The van der Waals surface area contributed by atoms with Gasteiger partial charge in [-0.3, -0.25) is 39.4 Å². The number of carbonyl (C=O) groups excluding carboxylic acids is 4. The number of ketones is 2. The van der Waals surface area contributed by atoms with Gasteiger partial charge < -0.3 is 14.7 Å². The highest BCUT2D eigenvalue weighted by atomic mass is 16.6. The van der Waals surface area contributed by atoms with Crippen LogP contribution in [0.25, 0.3) is 0 Å². The number of hydrogen-bond acceptors (Lipinski definition) is 11. The number of anilines is 2. The summed E-state index contributed by atoms with van der Waals surface area (Å²) in [6, 6.07) is 6.78. The summed E-state index contributed by atoms with van der Waals surface area (Å²) in [4.78, 5) is 79.6. The third kappa shape index (κ3) is 4.70. The topological polar surface area (TPSA) is 190 Å². The van der Waals surface area contributed by atoms with E-state index in [4.69, 9.17) is 4.74 Å². The van der Waals surface area contributed by atoms with Gasteiger partial charge in [-0.15, -0.1) is 0 Å². The zero-order chi connectivity index (χ0) is 34.1. The number of para-hydroxylation sites is 1. The highest BCUT2D eigenvalue weighted by Crippen LogP contribution is 2.57. The Hall–Kier alpha value is -5.66. The number of aromatic hydroxyl groups is 1. The van der Waals surface area contributed by atoms with Crippen LogP contribution in [0.3, 0.4) is 0 Å². The van der Waals surface area contributed by atoms with Gasteiger partial charge in [-0.25, -0.2) is 4.90 Å². The molecule has 242 valence electrons. The zero-order valence-corrected chi connectivity index (χ0v) is 25.9. The predicted molar refractivity (Wildman–Crippen MR) is 167 cm³/mol. The van der Waals surface area contributed by atoms with Gasteiger partial charge in [-0.2, -0.15) is 0 Å². The maximum Gasteiger partial charge on any atom is 0.301 e. The average Bonchev–Trinajstić information content (AvgIpc) is 3.28. The highest BCUT2D eigenvalue weighted by molar-refractivity contribution is 6.25. The summed E-state index contributed by atoms with van der Waals surface area (Å²) in [5.74, 6) is -5.91. The molecule has 0 spiro atoms. The fourth-order valence-corrected chi connectivity index (χ4v) is 7.47. The van der Waals surface area contributed by atoms with Crippen LogP contribution in [0.1, 0.15) is 38.2 Å². The number of ether oxygens (including phenoxy) is 1. The van der Waals surface area contributed by atoms with Crippen molar-refractivity contribution < 1.29 is 38.9 Å². The van der Waals surface area contributed by atoms with E-state index in [0.29, 0.717) is 11.1 Å². The Morgan fingerprint density at radius 3 is 2.28 bits per heavy atom. The lowest BCUT2D eigenvalue weighted by atomic mass is 9.59. The standard InChI is InChI=1S/C33H30N4O10/c1-5-47-25-8-6-7-18(31(25)40)26-17-9-10-19-27(20(17)14-21-24(38)11-15(2)30(39)28(21)26)33(42)35(32(19)41)16-12-22(36(43)44)29(34(3)4)23(13-16)37(45)46/h6-9,11-13,19-20,26-27,40H,5,10,14H2,1-4H3. The number of phenolic OH excluding ortho intramolecular Hbond substituents is 1. The molecule has 1 heterocycles. The van der Waals surface area contributed by atoms with Crippen molar-refractivity contribution in [3.8, 4) is 11.5 Å². The number of amides is 2. The summed E-state index contributed by atoms with van der Waals surface area (Å²) < 4.78 is 5.60. The average molecular weight is 643 g/mol. The first kappa shape index (κ1) is 31.3. The summed E-state index contributed by atoms with van der Waals surface area (Å²) in [5.41, 5.74) is -0.434. The Morgan fingerprint density at radius 2 is 1.68 bits per heavy atom. The molecule has 14 nitrogen and oxygen atoms in total. The number of imide groups is 1. The molecule has 2 aromatic rings. The minimum absolute atomic E-state index is 0.0359. The second kappa shape index (κ2) is 11.3. The SMILES string of the molecule is CCOc1cccc(C2C3=CCC4C(=O)N(c5cc([N+](=O)[O-])c(N(C)C)c([N+](=O)[O-])c5)C(=O)C4C3CC3=C2C(=O)C(C)=CC3=O)c1O. The number of hydrogen-bond donors (Lipinski definition) is 1. The van der Waals surface area contributed by atoms with E-state index in [9.17, 15) is 44.5 Å². The van der Waals surface area contributed by atoms with Crippen molar-refractivity contribution >= 4 is 46.1 Å². The van der Waals surface area contributed by atoms with Gasteiger partial charge in [0.15, 0.2) is 28.8 Å². The van der Waals surface area contributed by atoms with Crippen molar-refractivity contribution in [2.75, 3.05) is 30.5 Å². The van der Waals surface area contributed by atoms with Crippen LogP contribution < -0.4 is 14.5 Å². The fraction of sp³-hybridized carbons (Fsp3) is 0.333. The van der Waals surface area contributed by atoms with Crippen LogP contribution >= 0.6 is 0 Å². The van der Waals surface area contributed by atoms with Crippen LogP contribution in [0, 0.1) is 38.0 Å². The molecule has 4 aliphatic rings. The van der Waals surface area contributed by atoms with E-state index in [1.54, 1.807) is 31.2 Å². The van der Waals surface area contributed by atoms with Crippen molar-refractivity contribution in [2.24, 2.45) is 17.8 Å². The van der Waals surface area contributed by atoms with E-state index >= 15 is 0 Å². The van der Waals surface area contributed by atoms with Crippen LogP contribution in [-0.2, 0) is 19.2 Å². The van der Waals surface area contributed by atoms with Crippen LogP contribution in [0.15, 0.2) is 64.8 Å². The van der Waals surface area contributed by atoms with Crippen molar-refractivity contribution in [3.05, 3.63) is 90.6 Å². The van der Waals surface area contributed by atoms with Crippen molar-refractivity contribution in [3.63, 3.8) is 0 Å². The molecule has 47 heavy (non-hydrogen) atoms. The molecule has 0 saturated carbocycles. The molecular formula is C33H30N4O10. The molecule has 1 fully saturated rings. The molecule has 0 bridgehead atoms. The monoisotopic (exact) mass is 642 g/mol. The van der Waals surface area contributed by atoms with E-state index in [-0.39, 0.29) is 64.8 Å². The number of nitro groups is 2. The largest absolute Gasteiger partial charge is 0.504 e. The highest BCUT2D eigenvalue weighted by Gasteiger charge is 2.57. The van der Waals surface area contributed by atoms with Gasteiger partial charge in [-0.05, 0) is 44.7 Å². The second-order valence-electron chi connectivity index (χ2n) is 12.1. The number of nitrogens with zero attached hydrogens (tertiary/aromatic N) is 4. The summed E-state index contributed by atoms with van der Waals surface area (Å²) in [6.45, 7) is 3.53. The Morgan fingerprint density at radius 1 is 1.02 bits per heavy atom. The lowest BCUT2D eigenvalue weighted by Crippen LogP contribution is -2.39. The third-order valence-electron chi connectivity index (χ3n) is 9.36. The lowest BCUT2D eigenvalue weighted by Gasteiger charge is -2.42. The summed E-state index contributed by atoms with van der Waals surface area (Å²) in [6.07, 6.45) is 3.01. The van der Waals surface area contributed by atoms with Crippen LogP contribution in [0.2, 0.25) is 0 Å². The van der Waals surface area contributed by atoms with Gasteiger partial charge in [0.25, 0.3) is 0 Å². The van der Waals surface area contributed by atoms with Crippen LogP contribution in [-0.4, -0.2) is 59.0 Å². The van der Waals surface area contributed by atoms with Crippen LogP contribution in [0.4, 0.5) is 22.7 Å². The molecular weight excluding hydrogens is 612 g/mol. The van der Waals surface area contributed by atoms with Gasteiger partial charge in [0, 0.05) is 54.4 Å². The molecule has 0 radical (unpaired) electrons. The van der Waals surface area contributed by atoms with Gasteiger partial charge in [0.05, 0.1) is 34.0 Å². The fourth-order valence-electron chi connectivity index (χ4n) is 7.47. The van der Waals surface area contributed by atoms with Gasteiger partial charge in [0.1, 0.15) is 0 Å². The Labute approximate surface area is 267 Å². The summed E-state index contributed by atoms with van der Waals surface area (Å²) in [5, 5.41) is 35.3. The zero-order valence-electron chi connectivity index (χ0n) is 25.9. The first-order valence-electron chi connectivity index (χ1n) is 14.9. The van der Waals surface area contributed by atoms with Crippen LogP contribution in [0.5, 0.6) is 11.5 Å². The third-order valence-corrected chi connectivity index (χ3v) is 9.36. The lowest BCUT2D eigenvalue weighted by molar-refractivity contribution is -0.392. The number of nitro benzene ring substituents is 2. The molecule has 2 amide bonds. The van der Waals surface area contributed by atoms with Crippen molar-refractivity contribution in [1.29, 1.82) is 0 Å². The molecule has 1 N–H and O–H groups in total. The number of Topliss-reactive ketones (excluding diaryl/α,β-unsaturated/α-hetero) is 1. The first-order chi connectivity index (χ1) is 22.3. The van der Waals surface area contributed by atoms with E-state index < -0.39 is 62.5 Å². The van der Waals surface area contributed by atoms with Crippen molar-refractivity contribution in [1.82, 2.24) is 0 Å². The quantitative estimate of drug-likeness (QED) is 0.149. The molecule has 1 saturated heterocycles. The minimum Gasteiger partial charge on any atom is -0.504 e. The van der Waals surface area contributed by atoms with Gasteiger partial charge >= 0.3 is 11.4 Å². The smallest absolute Gasteiger partial charge is 0.301 e. The molecule has 1 aliphatic heterocycles. The molecule has 6 rings (SSSR count). The molecule has 14 heteroatoms. The Kier molecular flexibility index (Phi) is 7.53. The van der Waals surface area contributed by atoms with E-state index in [2.05, 4.69) is 0 Å².